The summed E-state index contributed by atoms with van der Waals surface area (Å²) in [5.74, 6) is -1.28. The van der Waals surface area contributed by atoms with E-state index in [4.69, 9.17) is 13.7 Å². The van der Waals surface area contributed by atoms with Gasteiger partial charge in [0.2, 0.25) is 5.91 Å². The van der Waals surface area contributed by atoms with Gasteiger partial charge in [-0.25, -0.2) is 0 Å². The molecule has 38 heavy (non-hydrogen) atoms. The summed E-state index contributed by atoms with van der Waals surface area (Å²) in [6.45, 7) is 3.90. The van der Waals surface area contributed by atoms with Crippen LogP contribution in [0.3, 0.4) is 0 Å². The first-order chi connectivity index (χ1) is 18.2. The second-order valence-corrected chi connectivity index (χ2v) is 10.3. The predicted molar refractivity (Wildman–Crippen MR) is 139 cm³/mol. The third-order valence-corrected chi connectivity index (χ3v) is 7.22. The number of carbonyl (C=O) groups excluding carboxylic acids is 3. The standard InChI is InChI=1S/C28H27NO8S/c1-3-35-23-12-8-22(9-13-23)29-17-21(16-27(29)31)28(32)36-18-26(30)20-6-10-24(11-7-20)37-38(33,34)25-14-4-19(2)5-15-25/h4-15,21H,3,16-18H2,1-2H3/t21-/m1/s1. The van der Waals surface area contributed by atoms with Gasteiger partial charge in [-0.3, -0.25) is 14.4 Å². The lowest BCUT2D eigenvalue weighted by atomic mass is 10.1. The maximum Gasteiger partial charge on any atom is 0.339 e. The van der Waals surface area contributed by atoms with Gasteiger partial charge in [0.1, 0.15) is 16.4 Å². The van der Waals surface area contributed by atoms with E-state index < -0.39 is 34.4 Å². The number of esters is 1. The molecule has 0 unspecified atom stereocenters. The maximum atomic E-state index is 12.5. The first-order valence-corrected chi connectivity index (χ1v) is 13.4. The molecule has 9 nitrogen and oxygen atoms in total. The summed E-state index contributed by atoms with van der Waals surface area (Å²) in [5.41, 5.74) is 1.78. The van der Waals surface area contributed by atoms with Crippen molar-refractivity contribution in [1.29, 1.82) is 0 Å². The van der Waals surface area contributed by atoms with E-state index in [1.165, 1.54) is 41.3 Å². The zero-order valence-electron chi connectivity index (χ0n) is 21.0. The lowest BCUT2D eigenvalue weighted by Gasteiger charge is -2.17. The molecule has 0 spiro atoms. The van der Waals surface area contributed by atoms with Crippen LogP contribution in [0.5, 0.6) is 11.5 Å². The van der Waals surface area contributed by atoms with Crippen LogP contribution in [0.25, 0.3) is 0 Å². The molecule has 1 saturated heterocycles. The number of aryl methyl sites for hydroxylation is 1. The van der Waals surface area contributed by atoms with Gasteiger partial charge in [-0.05, 0) is 74.5 Å². The van der Waals surface area contributed by atoms with Gasteiger partial charge in [0.15, 0.2) is 12.4 Å². The minimum Gasteiger partial charge on any atom is -0.494 e. The third-order valence-electron chi connectivity index (χ3n) is 5.96. The minimum absolute atomic E-state index is 0.0122. The largest absolute Gasteiger partial charge is 0.494 e. The van der Waals surface area contributed by atoms with E-state index in [0.29, 0.717) is 18.0 Å². The van der Waals surface area contributed by atoms with Crippen LogP contribution in [0.15, 0.2) is 77.7 Å². The number of benzene rings is 3. The van der Waals surface area contributed by atoms with Crippen molar-refractivity contribution < 1.29 is 36.5 Å². The number of nitrogens with zero attached hydrogens (tertiary/aromatic N) is 1. The topological polar surface area (TPSA) is 116 Å². The van der Waals surface area contributed by atoms with Crippen LogP contribution in [0.1, 0.15) is 29.3 Å². The zero-order valence-corrected chi connectivity index (χ0v) is 21.8. The maximum absolute atomic E-state index is 12.5. The Morgan fingerprint density at radius 3 is 2.18 bits per heavy atom. The SMILES string of the molecule is CCOc1ccc(N2C[C@H](C(=O)OCC(=O)c3ccc(OS(=O)(=O)c4ccc(C)cc4)cc3)CC2=O)cc1. The molecule has 3 aromatic carbocycles. The number of anilines is 1. The molecule has 0 saturated carbocycles. The Morgan fingerprint density at radius 1 is 0.921 bits per heavy atom. The predicted octanol–water partition coefficient (Wildman–Crippen LogP) is 3.94. The van der Waals surface area contributed by atoms with Gasteiger partial charge in [0.05, 0.1) is 12.5 Å². The van der Waals surface area contributed by atoms with Gasteiger partial charge >= 0.3 is 16.1 Å². The van der Waals surface area contributed by atoms with E-state index in [2.05, 4.69) is 0 Å². The molecule has 0 N–H and O–H groups in total. The lowest BCUT2D eigenvalue weighted by Crippen LogP contribution is -2.27. The average molecular weight is 538 g/mol. The van der Waals surface area contributed by atoms with Crippen LogP contribution >= 0.6 is 0 Å². The monoisotopic (exact) mass is 537 g/mol. The van der Waals surface area contributed by atoms with Gasteiger partial charge in [-0.15, -0.1) is 0 Å². The number of Topliss-reactive ketones (excluding diaryl/α,β-unsaturated/α-hetero) is 1. The summed E-state index contributed by atoms with van der Waals surface area (Å²) in [7, 11) is -4.02. The smallest absolute Gasteiger partial charge is 0.339 e. The normalized spacial score (nSPS) is 15.3. The molecule has 0 aromatic heterocycles. The van der Waals surface area contributed by atoms with E-state index in [-0.39, 0.29) is 35.1 Å². The van der Waals surface area contributed by atoms with Crippen molar-refractivity contribution in [3.8, 4) is 11.5 Å². The minimum atomic E-state index is -4.02. The average Bonchev–Trinajstić information content (AvgIpc) is 3.30. The molecule has 1 heterocycles. The van der Waals surface area contributed by atoms with Gasteiger partial charge in [-0.1, -0.05) is 17.7 Å². The molecule has 0 aliphatic carbocycles. The summed E-state index contributed by atoms with van der Waals surface area (Å²) in [6, 6.07) is 18.7. The van der Waals surface area contributed by atoms with Crippen LogP contribution < -0.4 is 13.8 Å². The number of hydrogen-bond acceptors (Lipinski definition) is 8. The quantitative estimate of drug-likeness (QED) is 0.217. The first kappa shape index (κ1) is 26.9. The van der Waals surface area contributed by atoms with Crippen molar-refractivity contribution in [1.82, 2.24) is 0 Å². The van der Waals surface area contributed by atoms with Crippen molar-refractivity contribution in [3.05, 3.63) is 83.9 Å². The van der Waals surface area contributed by atoms with E-state index >= 15 is 0 Å². The third kappa shape index (κ3) is 6.38. The second-order valence-electron chi connectivity index (χ2n) is 8.74. The molecule has 198 valence electrons. The van der Waals surface area contributed by atoms with E-state index in [0.717, 1.165) is 5.56 Å². The van der Waals surface area contributed by atoms with Crippen LogP contribution in [0.4, 0.5) is 5.69 Å². The number of amides is 1. The number of ketones is 1. The van der Waals surface area contributed by atoms with Crippen molar-refractivity contribution in [3.63, 3.8) is 0 Å². The molecule has 1 aliphatic rings. The Balaban J connectivity index is 1.30. The number of carbonyl (C=O) groups is 3. The number of rotatable bonds is 10. The Morgan fingerprint density at radius 2 is 1.55 bits per heavy atom. The van der Waals surface area contributed by atoms with Gasteiger partial charge in [-0.2, -0.15) is 8.42 Å². The summed E-state index contributed by atoms with van der Waals surface area (Å²) < 4.78 is 40.6. The Bertz CT molecular complexity index is 1420. The highest BCUT2D eigenvalue weighted by molar-refractivity contribution is 7.87. The number of ether oxygens (including phenoxy) is 2. The zero-order chi connectivity index (χ0) is 27.3. The Labute approximate surface area is 221 Å². The highest BCUT2D eigenvalue weighted by atomic mass is 32.2. The fourth-order valence-electron chi connectivity index (χ4n) is 3.92. The summed E-state index contributed by atoms with van der Waals surface area (Å²) in [4.78, 5) is 39.1. The van der Waals surface area contributed by atoms with E-state index in [1.807, 2.05) is 13.8 Å². The van der Waals surface area contributed by atoms with Gasteiger partial charge in [0.25, 0.3) is 0 Å². The van der Waals surface area contributed by atoms with Crippen LogP contribution in [0, 0.1) is 12.8 Å². The van der Waals surface area contributed by atoms with Crippen LogP contribution in [0.2, 0.25) is 0 Å². The molecule has 1 fully saturated rings. The molecule has 0 bridgehead atoms. The molecule has 1 aliphatic heterocycles. The fourth-order valence-corrected chi connectivity index (χ4v) is 4.85. The molecule has 1 amide bonds. The van der Waals surface area contributed by atoms with Crippen molar-refractivity contribution in [2.45, 2.75) is 25.2 Å². The molecule has 3 aromatic rings. The molecule has 1 atom stereocenters. The van der Waals surface area contributed by atoms with Gasteiger partial charge in [0, 0.05) is 24.2 Å². The number of hydrogen-bond donors (Lipinski definition) is 0. The summed E-state index contributed by atoms with van der Waals surface area (Å²) in [6.07, 6.45) is -0.0122. The van der Waals surface area contributed by atoms with Crippen LogP contribution in [-0.4, -0.2) is 45.8 Å². The molecular formula is C28H27NO8S. The molecule has 10 heteroatoms. The van der Waals surface area contributed by atoms with E-state index in [9.17, 15) is 22.8 Å². The Kier molecular flexibility index (Phi) is 8.11. The highest BCUT2D eigenvalue weighted by Gasteiger charge is 2.36. The van der Waals surface area contributed by atoms with Crippen LogP contribution in [-0.2, 0) is 24.4 Å². The highest BCUT2D eigenvalue weighted by Crippen LogP contribution is 2.28. The molecule has 0 radical (unpaired) electrons. The summed E-state index contributed by atoms with van der Waals surface area (Å²) >= 11 is 0. The lowest BCUT2D eigenvalue weighted by molar-refractivity contribution is -0.147. The fraction of sp³-hybridized carbons (Fsp3) is 0.250. The first-order valence-electron chi connectivity index (χ1n) is 12.0. The van der Waals surface area contributed by atoms with Crippen molar-refractivity contribution >= 4 is 33.5 Å². The molecular weight excluding hydrogens is 510 g/mol. The van der Waals surface area contributed by atoms with Gasteiger partial charge < -0.3 is 18.6 Å². The Hall–Kier alpha value is -4.18. The van der Waals surface area contributed by atoms with E-state index in [1.54, 1.807) is 36.4 Å². The summed E-state index contributed by atoms with van der Waals surface area (Å²) in [5, 5.41) is 0. The van der Waals surface area contributed by atoms with Crippen molar-refractivity contribution in [2.75, 3.05) is 24.7 Å². The second kappa shape index (κ2) is 11.5. The molecule has 4 rings (SSSR count). The van der Waals surface area contributed by atoms with Crippen molar-refractivity contribution in [2.24, 2.45) is 5.92 Å².